The van der Waals surface area contributed by atoms with Crippen molar-refractivity contribution in [3.05, 3.63) is 35.9 Å². The largest absolute Gasteiger partial charge is 0.353 e. The first-order chi connectivity index (χ1) is 9.81. The zero-order chi connectivity index (χ0) is 13.8. The van der Waals surface area contributed by atoms with Crippen molar-refractivity contribution < 1.29 is 14.3 Å². The maximum Gasteiger partial charge on any atom is 0.225 e. The number of benzene rings is 1. The molecular weight excluding hydrogens is 254 g/mol. The van der Waals surface area contributed by atoms with Crippen LogP contribution in [0.2, 0.25) is 0 Å². The molecule has 4 nitrogen and oxygen atoms in total. The smallest absolute Gasteiger partial charge is 0.225 e. The van der Waals surface area contributed by atoms with Crippen molar-refractivity contribution in [1.82, 2.24) is 4.90 Å². The second-order valence-corrected chi connectivity index (χ2v) is 5.52. The van der Waals surface area contributed by atoms with E-state index in [9.17, 15) is 4.79 Å². The molecule has 4 heteroatoms. The number of nitrogens with zero attached hydrogens (tertiary/aromatic N) is 1. The van der Waals surface area contributed by atoms with Crippen molar-refractivity contribution in [1.29, 1.82) is 0 Å². The monoisotopic (exact) mass is 275 g/mol. The van der Waals surface area contributed by atoms with Crippen LogP contribution in [0.1, 0.15) is 31.2 Å². The SMILES string of the molecule is O=C1CC(OC2CCCCO2)CN1Cc1ccccc1. The molecule has 2 fully saturated rings. The van der Waals surface area contributed by atoms with Crippen LogP contribution in [0.3, 0.4) is 0 Å². The highest BCUT2D eigenvalue weighted by Crippen LogP contribution is 2.22. The zero-order valence-electron chi connectivity index (χ0n) is 11.7. The van der Waals surface area contributed by atoms with Gasteiger partial charge in [0.25, 0.3) is 0 Å². The van der Waals surface area contributed by atoms with Gasteiger partial charge in [0.05, 0.1) is 12.5 Å². The van der Waals surface area contributed by atoms with E-state index >= 15 is 0 Å². The molecule has 1 aromatic rings. The molecule has 2 atom stereocenters. The molecule has 0 spiro atoms. The molecule has 20 heavy (non-hydrogen) atoms. The Morgan fingerprint density at radius 1 is 1.25 bits per heavy atom. The predicted octanol–water partition coefficient (Wildman–Crippen LogP) is 2.33. The van der Waals surface area contributed by atoms with E-state index in [0.29, 0.717) is 19.5 Å². The molecular formula is C16H21NO3. The number of ether oxygens (including phenoxy) is 2. The summed E-state index contributed by atoms with van der Waals surface area (Å²) in [4.78, 5) is 13.9. The third-order valence-corrected chi connectivity index (χ3v) is 3.88. The van der Waals surface area contributed by atoms with Crippen molar-refractivity contribution in [3.63, 3.8) is 0 Å². The van der Waals surface area contributed by atoms with Crippen molar-refractivity contribution in [2.45, 2.75) is 44.6 Å². The molecule has 1 aromatic carbocycles. The number of rotatable bonds is 4. The van der Waals surface area contributed by atoms with Crippen LogP contribution in [0.25, 0.3) is 0 Å². The maximum atomic E-state index is 12.0. The fraction of sp³-hybridized carbons (Fsp3) is 0.562. The van der Waals surface area contributed by atoms with Crippen LogP contribution in [0.5, 0.6) is 0 Å². The van der Waals surface area contributed by atoms with Crippen LogP contribution in [-0.4, -0.2) is 36.4 Å². The summed E-state index contributed by atoms with van der Waals surface area (Å²) in [6.07, 6.45) is 3.56. The molecule has 0 N–H and O–H groups in total. The normalized spacial score (nSPS) is 27.0. The van der Waals surface area contributed by atoms with E-state index in [2.05, 4.69) is 0 Å². The highest BCUT2D eigenvalue weighted by Gasteiger charge is 2.32. The van der Waals surface area contributed by atoms with E-state index in [1.54, 1.807) is 0 Å². The average molecular weight is 275 g/mol. The molecule has 1 amide bonds. The van der Waals surface area contributed by atoms with Gasteiger partial charge in [-0.05, 0) is 24.8 Å². The summed E-state index contributed by atoms with van der Waals surface area (Å²) in [6, 6.07) is 10.1. The minimum Gasteiger partial charge on any atom is -0.353 e. The Kier molecular flexibility index (Phi) is 4.33. The van der Waals surface area contributed by atoms with Gasteiger partial charge in [-0.1, -0.05) is 30.3 Å². The fourth-order valence-corrected chi connectivity index (χ4v) is 2.82. The predicted molar refractivity (Wildman–Crippen MR) is 74.9 cm³/mol. The van der Waals surface area contributed by atoms with E-state index in [0.717, 1.165) is 31.4 Å². The molecule has 0 aromatic heterocycles. The van der Waals surface area contributed by atoms with Gasteiger partial charge >= 0.3 is 0 Å². The lowest BCUT2D eigenvalue weighted by Crippen LogP contribution is -2.30. The molecule has 2 heterocycles. The number of carbonyl (C=O) groups excluding carboxylic acids is 1. The molecule has 0 bridgehead atoms. The Morgan fingerprint density at radius 3 is 2.85 bits per heavy atom. The summed E-state index contributed by atoms with van der Waals surface area (Å²) >= 11 is 0. The number of carbonyl (C=O) groups is 1. The second-order valence-electron chi connectivity index (χ2n) is 5.52. The Bertz CT molecular complexity index is 442. The molecule has 0 radical (unpaired) electrons. The van der Waals surface area contributed by atoms with Crippen molar-refractivity contribution in [3.8, 4) is 0 Å². The van der Waals surface area contributed by atoms with Gasteiger partial charge in [0, 0.05) is 19.7 Å². The summed E-state index contributed by atoms with van der Waals surface area (Å²) < 4.78 is 11.5. The van der Waals surface area contributed by atoms with Crippen LogP contribution in [-0.2, 0) is 20.8 Å². The summed E-state index contributed by atoms with van der Waals surface area (Å²) in [6.45, 7) is 2.12. The topological polar surface area (TPSA) is 38.8 Å². The molecule has 3 rings (SSSR count). The van der Waals surface area contributed by atoms with Crippen LogP contribution in [0, 0.1) is 0 Å². The minimum absolute atomic E-state index is 0.0192. The second kappa shape index (κ2) is 6.37. The lowest BCUT2D eigenvalue weighted by molar-refractivity contribution is -0.185. The van der Waals surface area contributed by atoms with Gasteiger partial charge in [0.2, 0.25) is 5.91 Å². The molecule has 0 saturated carbocycles. The first-order valence-electron chi connectivity index (χ1n) is 7.40. The van der Waals surface area contributed by atoms with Crippen LogP contribution < -0.4 is 0 Å². The zero-order valence-corrected chi connectivity index (χ0v) is 11.7. The quantitative estimate of drug-likeness (QED) is 0.846. The van der Waals surface area contributed by atoms with E-state index in [4.69, 9.17) is 9.47 Å². The Balaban J connectivity index is 1.52. The van der Waals surface area contributed by atoms with Gasteiger partial charge in [0.15, 0.2) is 6.29 Å². The lowest BCUT2D eigenvalue weighted by Gasteiger charge is -2.25. The van der Waals surface area contributed by atoms with Gasteiger partial charge in [-0.15, -0.1) is 0 Å². The van der Waals surface area contributed by atoms with Crippen LogP contribution in [0.4, 0.5) is 0 Å². The van der Waals surface area contributed by atoms with E-state index < -0.39 is 0 Å². The highest BCUT2D eigenvalue weighted by atomic mass is 16.7. The fourth-order valence-electron chi connectivity index (χ4n) is 2.82. The van der Waals surface area contributed by atoms with Crippen molar-refractivity contribution in [2.75, 3.05) is 13.2 Å². The molecule has 0 aliphatic carbocycles. The Hall–Kier alpha value is -1.39. The molecule has 2 aliphatic rings. The average Bonchev–Trinajstić information content (AvgIpc) is 2.81. The maximum absolute atomic E-state index is 12.0. The molecule has 2 aliphatic heterocycles. The number of amides is 1. The van der Waals surface area contributed by atoms with Gasteiger partial charge < -0.3 is 14.4 Å². The van der Waals surface area contributed by atoms with Gasteiger partial charge in [-0.25, -0.2) is 0 Å². The van der Waals surface area contributed by atoms with Gasteiger partial charge in [0.1, 0.15) is 0 Å². The standard InChI is InChI=1S/C16H21NO3/c18-15-10-14(20-16-8-4-5-9-19-16)12-17(15)11-13-6-2-1-3-7-13/h1-3,6-7,14,16H,4-5,8-12H2. The van der Waals surface area contributed by atoms with E-state index in [1.165, 1.54) is 0 Å². The van der Waals surface area contributed by atoms with E-state index in [-0.39, 0.29) is 18.3 Å². The Morgan fingerprint density at radius 2 is 2.10 bits per heavy atom. The Labute approximate surface area is 119 Å². The number of hydrogen-bond donors (Lipinski definition) is 0. The summed E-state index contributed by atoms with van der Waals surface area (Å²) in [5.74, 6) is 0.176. The first kappa shape index (κ1) is 13.6. The number of likely N-dealkylation sites (tertiary alicyclic amines) is 1. The lowest BCUT2D eigenvalue weighted by atomic mass is 10.2. The third-order valence-electron chi connectivity index (χ3n) is 3.88. The van der Waals surface area contributed by atoms with Crippen LogP contribution >= 0.6 is 0 Å². The highest BCUT2D eigenvalue weighted by molar-refractivity contribution is 5.79. The summed E-state index contributed by atoms with van der Waals surface area (Å²) in [5.41, 5.74) is 1.16. The van der Waals surface area contributed by atoms with Gasteiger partial charge in [-0.2, -0.15) is 0 Å². The van der Waals surface area contributed by atoms with Crippen molar-refractivity contribution >= 4 is 5.91 Å². The first-order valence-corrected chi connectivity index (χ1v) is 7.40. The van der Waals surface area contributed by atoms with Gasteiger partial charge in [-0.3, -0.25) is 4.79 Å². The summed E-state index contributed by atoms with van der Waals surface area (Å²) in [5, 5.41) is 0. The van der Waals surface area contributed by atoms with E-state index in [1.807, 2.05) is 35.2 Å². The molecule has 2 saturated heterocycles. The number of hydrogen-bond acceptors (Lipinski definition) is 3. The van der Waals surface area contributed by atoms with Crippen LogP contribution in [0.15, 0.2) is 30.3 Å². The van der Waals surface area contributed by atoms with Crippen molar-refractivity contribution in [2.24, 2.45) is 0 Å². The minimum atomic E-state index is -0.113. The third kappa shape index (κ3) is 3.38. The molecule has 2 unspecified atom stereocenters. The summed E-state index contributed by atoms with van der Waals surface area (Å²) in [7, 11) is 0. The molecule has 108 valence electrons.